The van der Waals surface area contributed by atoms with E-state index in [2.05, 4.69) is 49.1 Å². The fourth-order valence-corrected chi connectivity index (χ4v) is 3.40. The molecule has 0 spiro atoms. The predicted octanol–water partition coefficient (Wildman–Crippen LogP) is 3.04. The average molecular weight is 376 g/mol. The zero-order valence-electron chi connectivity index (χ0n) is 10.2. The molecule has 1 aliphatic heterocycles. The lowest BCUT2D eigenvalue weighted by atomic mass is 10.0. The molecule has 0 atom stereocenters. The van der Waals surface area contributed by atoms with Crippen molar-refractivity contribution in [3.63, 3.8) is 0 Å². The number of halogens is 2. The number of amides is 1. The zero-order valence-corrected chi connectivity index (χ0v) is 13.4. The molecular weight excluding hydrogens is 360 g/mol. The maximum absolute atomic E-state index is 12.1. The molecule has 18 heavy (non-hydrogen) atoms. The molecule has 0 aliphatic carbocycles. The second-order valence-electron chi connectivity index (χ2n) is 4.71. The van der Waals surface area contributed by atoms with Crippen LogP contribution in [0, 0.1) is 0 Å². The van der Waals surface area contributed by atoms with E-state index in [1.807, 2.05) is 18.2 Å². The first-order valence-electron chi connectivity index (χ1n) is 6.00. The van der Waals surface area contributed by atoms with Gasteiger partial charge < -0.3 is 10.2 Å². The van der Waals surface area contributed by atoms with Crippen molar-refractivity contribution >= 4 is 37.8 Å². The zero-order chi connectivity index (χ0) is 13.1. The van der Waals surface area contributed by atoms with Crippen LogP contribution in [0.3, 0.4) is 0 Å². The number of hydrogen-bond donors (Lipinski definition) is 1. The Morgan fingerprint density at radius 3 is 2.33 bits per heavy atom. The number of likely N-dealkylation sites (tertiary alicyclic amines) is 1. The minimum absolute atomic E-state index is 0.00607. The third-order valence-corrected chi connectivity index (χ3v) is 4.09. The second-order valence-corrected chi connectivity index (χ2v) is 6.54. The Hall–Kier alpha value is -0.390. The summed E-state index contributed by atoms with van der Waals surface area (Å²) in [6, 6.07) is 5.91. The second kappa shape index (κ2) is 6.17. The summed E-state index contributed by atoms with van der Waals surface area (Å²) in [5.41, 5.74) is 0.690. The molecule has 1 heterocycles. The summed E-state index contributed by atoms with van der Waals surface area (Å²) >= 11 is 6.80. The molecule has 3 nitrogen and oxygen atoms in total. The Morgan fingerprint density at radius 2 is 1.78 bits per heavy atom. The lowest BCUT2D eigenvalue weighted by Gasteiger charge is -2.29. The number of benzene rings is 1. The van der Waals surface area contributed by atoms with Gasteiger partial charge in [0.1, 0.15) is 0 Å². The molecule has 98 valence electrons. The lowest BCUT2D eigenvalue weighted by molar-refractivity contribution is 0.0916. The van der Waals surface area contributed by atoms with Crippen molar-refractivity contribution in [3.05, 3.63) is 32.7 Å². The number of piperidine rings is 1. The molecule has 0 aromatic heterocycles. The van der Waals surface area contributed by atoms with Crippen molar-refractivity contribution < 1.29 is 4.79 Å². The molecule has 1 fully saturated rings. The number of nitrogens with one attached hydrogen (secondary N) is 1. The van der Waals surface area contributed by atoms with Crippen LogP contribution in [0.4, 0.5) is 0 Å². The Bertz CT molecular complexity index is 422. The van der Waals surface area contributed by atoms with Crippen LogP contribution in [-0.4, -0.2) is 37.0 Å². The van der Waals surface area contributed by atoms with E-state index >= 15 is 0 Å². The van der Waals surface area contributed by atoms with Gasteiger partial charge in [-0.3, -0.25) is 4.79 Å². The van der Waals surface area contributed by atoms with Gasteiger partial charge in [-0.15, -0.1) is 0 Å². The minimum Gasteiger partial charge on any atom is -0.349 e. The van der Waals surface area contributed by atoms with Crippen LogP contribution < -0.4 is 5.32 Å². The van der Waals surface area contributed by atoms with E-state index in [9.17, 15) is 4.79 Å². The quantitative estimate of drug-likeness (QED) is 0.861. The standard InChI is InChI=1S/C13H16Br2N2O/c1-17-4-2-12(3-5-17)16-13(18)9-6-10(14)8-11(15)7-9/h6-8,12H,2-5H2,1H3,(H,16,18). The first kappa shape index (κ1) is 14.0. The monoisotopic (exact) mass is 374 g/mol. The highest BCUT2D eigenvalue weighted by Gasteiger charge is 2.19. The molecule has 1 amide bonds. The van der Waals surface area contributed by atoms with Crippen LogP contribution in [0.5, 0.6) is 0 Å². The summed E-state index contributed by atoms with van der Waals surface area (Å²) in [7, 11) is 2.11. The third kappa shape index (κ3) is 3.80. The van der Waals surface area contributed by atoms with Crippen molar-refractivity contribution in [2.24, 2.45) is 0 Å². The molecular formula is C13H16Br2N2O. The van der Waals surface area contributed by atoms with Gasteiger partial charge in [-0.2, -0.15) is 0 Å². The normalized spacial score (nSPS) is 17.7. The SMILES string of the molecule is CN1CCC(NC(=O)c2cc(Br)cc(Br)c2)CC1. The van der Waals surface area contributed by atoms with Crippen LogP contribution in [0.1, 0.15) is 23.2 Å². The molecule has 0 unspecified atom stereocenters. The summed E-state index contributed by atoms with van der Waals surface area (Å²) in [6.45, 7) is 2.10. The van der Waals surface area contributed by atoms with Gasteiger partial charge in [0.15, 0.2) is 0 Å². The summed E-state index contributed by atoms with van der Waals surface area (Å²) in [5.74, 6) is 0.00607. The summed E-state index contributed by atoms with van der Waals surface area (Å²) < 4.78 is 1.82. The van der Waals surface area contributed by atoms with Gasteiger partial charge in [-0.25, -0.2) is 0 Å². The number of nitrogens with zero attached hydrogens (tertiary/aromatic N) is 1. The van der Waals surface area contributed by atoms with Gasteiger partial charge in [0.25, 0.3) is 5.91 Å². The topological polar surface area (TPSA) is 32.3 Å². The van der Waals surface area contributed by atoms with Gasteiger partial charge >= 0.3 is 0 Å². The molecule has 5 heteroatoms. The Morgan fingerprint density at radius 1 is 1.22 bits per heavy atom. The lowest BCUT2D eigenvalue weighted by Crippen LogP contribution is -2.43. The van der Waals surface area contributed by atoms with Crippen molar-refractivity contribution in [2.45, 2.75) is 18.9 Å². The summed E-state index contributed by atoms with van der Waals surface area (Å²) in [6.07, 6.45) is 2.05. The van der Waals surface area contributed by atoms with E-state index in [4.69, 9.17) is 0 Å². The Kier molecular flexibility index (Phi) is 4.81. The van der Waals surface area contributed by atoms with Crippen LogP contribution in [0.15, 0.2) is 27.1 Å². The highest BCUT2D eigenvalue weighted by atomic mass is 79.9. The van der Waals surface area contributed by atoms with Crippen molar-refractivity contribution in [3.8, 4) is 0 Å². The van der Waals surface area contributed by atoms with Gasteiger partial charge in [-0.1, -0.05) is 31.9 Å². The van der Waals surface area contributed by atoms with E-state index in [1.54, 1.807) is 0 Å². The van der Waals surface area contributed by atoms with Gasteiger partial charge in [-0.05, 0) is 51.2 Å². The van der Waals surface area contributed by atoms with E-state index in [-0.39, 0.29) is 5.91 Å². The van der Waals surface area contributed by atoms with Crippen molar-refractivity contribution in [1.29, 1.82) is 0 Å². The largest absolute Gasteiger partial charge is 0.349 e. The average Bonchev–Trinajstić information content (AvgIpc) is 2.31. The highest BCUT2D eigenvalue weighted by molar-refractivity contribution is 9.11. The Balaban J connectivity index is 1.99. The van der Waals surface area contributed by atoms with E-state index in [1.165, 1.54) is 0 Å². The molecule has 1 N–H and O–H groups in total. The number of carbonyl (C=O) groups excluding carboxylic acids is 1. The molecule has 1 aliphatic rings. The highest BCUT2D eigenvalue weighted by Crippen LogP contribution is 2.20. The van der Waals surface area contributed by atoms with Crippen LogP contribution >= 0.6 is 31.9 Å². The molecule has 1 aromatic rings. The number of carbonyl (C=O) groups is 1. The maximum atomic E-state index is 12.1. The van der Waals surface area contributed by atoms with Crippen LogP contribution in [0.2, 0.25) is 0 Å². The number of rotatable bonds is 2. The van der Waals surface area contributed by atoms with E-state index < -0.39 is 0 Å². The molecule has 1 saturated heterocycles. The van der Waals surface area contributed by atoms with Crippen LogP contribution in [-0.2, 0) is 0 Å². The van der Waals surface area contributed by atoms with E-state index in [0.717, 1.165) is 34.9 Å². The summed E-state index contributed by atoms with van der Waals surface area (Å²) in [4.78, 5) is 14.4. The maximum Gasteiger partial charge on any atom is 0.251 e. The summed E-state index contributed by atoms with van der Waals surface area (Å²) in [5, 5.41) is 3.10. The van der Waals surface area contributed by atoms with Crippen molar-refractivity contribution in [2.75, 3.05) is 20.1 Å². The van der Waals surface area contributed by atoms with Crippen molar-refractivity contribution in [1.82, 2.24) is 10.2 Å². The fraction of sp³-hybridized carbons (Fsp3) is 0.462. The minimum atomic E-state index is 0.00607. The smallest absolute Gasteiger partial charge is 0.251 e. The molecule has 0 saturated carbocycles. The first-order chi connectivity index (χ1) is 8.54. The molecule has 0 radical (unpaired) electrons. The first-order valence-corrected chi connectivity index (χ1v) is 7.58. The molecule has 1 aromatic carbocycles. The van der Waals surface area contributed by atoms with Gasteiger partial charge in [0.2, 0.25) is 0 Å². The Labute approximate surface area is 124 Å². The van der Waals surface area contributed by atoms with Gasteiger partial charge in [0, 0.05) is 20.6 Å². The molecule has 2 rings (SSSR count). The predicted molar refractivity (Wildman–Crippen MR) is 79.8 cm³/mol. The third-order valence-electron chi connectivity index (χ3n) is 3.18. The number of hydrogen-bond acceptors (Lipinski definition) is 2. The fourth-order valence-electron chi connectivity index (χ4n) is 2.11. The van der Waals surface area contributed by atoms with Gasteiger partial charge in [0.05, 0.1) is 0 Å². The van der Waals surface area contributed by atoms with E-state index in [0.29, 0.717) is 11.6 Å². The molecule has 0 bridgehead atoms. The van der Waals surface area contributed by atoms with Crippen LogP contribution in [0.25, 0.3) is 0 Å².